The van der Waals surface area contributed by atoms with Gasteiger partial charge in [-0.25, -0.2) is 0 Å². The molecule has 4 rings (SSSR count). The number of benzene rings is 3. The van der Waals surface area contributed by atoms with Crippen molar-refractivity contribution in [1.82, 2.24) is 0 Å². The minimum atomic E-state index is -0.324. The van der Waals surface area contributed by atoms with Crippen molar-refractivity contribution in [3.8, 4) is 0 Å². The molecule has 0 fully saturated rings. The van der Waals surface area contributed by atoms with Crippen molar-refractivity contribution in [2.24, 2.45) is 0 Å². The molecule has 0 saturated carbocycles. The smallest absolute Gasteiger partial charge is 0.291 e. The third-order valence-corrected chi connectivity index (χ3v) is 4.96. The van der Waals surface area contributed by atoms with Gasteiger partial charge in [-0.2, -0.15) is 0 Å². The predicted octanol–water partition coefficient (Wildman–Crippen LogP) is 5.69. The molecule has 5 nitrogen and oxygen atoms in total. The van der Waals surface area contributed by atoms with E-state index in [1.54, 1.807) is 36.4 Å². The van der Waals surface area contributed by atoms with E-state index < -0.39 is 0 Å². The number of carbonyl (C=O) groups is 2. The predicted molar refractivity (Wildman–Crippen MR) is 121 cm³/mol. The second-order valence-corrected chi connectivity index (χ2v) is 7.14. The van der Waals surface area contributed by atoms with Gasteiger partial charge < -0.3 is 15.1 Å². The normalized spacial score (nSPS) is 10.6. The molecule has 0 spiro atoms. The van der Waals surface area contributed by atoms with Crippen molar-refractivity contribution in [2.75, 3.05) is 10.6 Å². The maximum atomic E-state index is 12.8. The summed E-state index contributed by atoms with van der Waals surface area (Å²) in [5.41, 5.74) is 3.48. The van der Waals surface area contributed by atoms with Gasteiger partial charge in [-0.05, 0) is 47.5 Å². The van der Waals surface area contributed by atoms with Gasteiger partial charge in [0.25, 0.3) is 5.91 Å². The van der Waals surface area contributed by atoms with Crippen molar-refractivity contribution in [3.63, 3.8) is 0 Å². The molecule has 0 radical (unpaired) electrons. The van der Waals surface area contributed by atoms with E-state index in [0.29, 0.717) is 17.8 Å². The fraction of sp³-hybridized carbons (Fsp3) is 0.0769. The van der Waals surface area contributed by atoms with Gasteiger partial charge >= 0.3 is 0 Å². The lowest BCUT2D eigenvalue weighted by Crippen LogP contribution is -2.16. The molecule has 2 N–H and O–H groups in total. The Labute approximate surface area is 180 Å². The molecule has 3 aromatic carbocycles. The van der Waals surface area contributed by atoms with Crippen molar-refractivity contribution in [3.05, 3.63) is 120 Å². The Morgan fingerprint density at radius 2 is 1.23 bits per heavy atom. The van der Waals surface area contributed by atoms with Gasteiger partial charge in [0.2, 0.25) is 5.91 Å². The van der Waals surface area contributed by atoms with E-state index in [0.717, 1.165) is 11.1 Å². The molecule has 0 bridgehead atoms. The van der Waals surface area contributed by atoms with Gasteiger partial charge in [-0.3, -0.25) is 9.59 Å². The first kappa shape index (κ1) is 20.2. The molecule has 4 aromatic rings. The van der Waals surface area contributed by atoms with Crippen LogP contribution in [0.3, 0.4) is 0 Å². The van der Waals surface area contributed by atoms with Gasteiger partial charge in [0, 0.05) is 23.7 Å². The number of carbonyl (C=O) groups excluding carboxylic acids is 2. The summed E-state index contributed by atoms with van der Waals surface area (Å²) >= 11 is 0. The topological polar surface area (TPSA) is 71.3 Å². The summed E-state index contributed by atoms with van der Waals surface area (Å²) in [4.78, 5) is 24.8. The van der Waals surface area contributed by atoms with E-state index in [2.05, 4.69) is 10.6 Å². The summed E-state index contributed by atoms with van der Waals surface area (Å²) in [6.07, 6.45) is 1.77. The van der Waals surface area contributed by atoms with E-state index in [1.807, 2.05) is 60.7 Å². The second kappa shape index (κ2) is 9.59. The molecule has 154 valence electrons. The van der Waals surface area contributed by atoms with Crippen LogP contribution in [0.1, 0.15) is 34.0 Å². The minimum Gasteiger partial charge on any atom is -0.459 e. The van der Waals surface area contributed by atoms with Crippen molar-refractivity contribution in [1.29, 1.82) is 0 Å². The quantitative estimate of drug-likeness (QED) is 0.411. The Morgan fingerprint density at radius 1 is 0.677 bits per heavy atom. The van der Waals surface area contributed by atoms with Crippen LogP contribution >= 0.6 is 0 Å². The first-order valence-electron chi connectivity index (χ1n) is 10.0. The summed E-state index contributed by atoms with van der Waals surface area (Å²) in [6, 6.07) is 30.3. The number of furan rings is 1. The van der Waals surface area contributed by atoms with Gasteiger partial charge in [-0.1, -0.05) is 60.7 Å². The first-order chi connectivity index (χ1) is 15.2. The number of rotatable bonds is 7. The maximum absolute atomic E-state index is 12.8. The van der Waals surface area contributed by atoms with Crippen molar-refractivity contribution in [2.45, 2.75) is 12.3 Å². The fourth-order valence-electron chi connectivity index (χ4n) is 3.43. The molecule has 2 amide bonds. The third-order valence-electron chi connectivity index (χ3n) is 4.96. The number of hydrogen-bond acceptors (Lipinski definition) is 3. The molecule has 0 atom stereocenters. The highest BCUT2D eigenvalue weighted by atomic mass is 16.3. The minimum absolute atomic E-state index is 0.0331. The van der Waals surface area contributed by atoms with Crippen LogP contribution in [-0.2, 0) is 4.79 Å². The van der Waals surface area contributed by atoms with Gasteiger partial charge in [0.1, 0.15) is 0 Å². The summed E-state index contributed by atoms with van der Waals surface area (Å²) < 4.78 is 5.08. The molecular weight excluding hydrogens is 388 g/mol. The monoisotopic (exact) mass is 410 g/mol. The number of anilines is 2. The van der Waals surface area contributed by atoms with Gasteiger partial charge in [0.05, 0.1) is 6.26 Å². The van der Waals surface area contributed by atoms with Crippen LogP contribution < -0.4 is 10.6 Å². The summed E-state index contributed by atoms with van der Waals surface area (Å²) in [6.45, 7) is 0. The molecule has 31 heavy (non-hydrogen) atoms. The Hall–Kier alpha value is -4.12. The van der Waals surface area contributed by atoms with E-state index in [1.165, 1.54) is 6.26 Å². The lowest BCUT2D eigenvalue weighted by Gasteiger charge is -2.18. The highest BCUT2D eigenvalue weighted by molar-refractivity contribution is 6.02. The third kappa shape index (κ3) is 5.28. The standard InChI is InChI=1S/C26H22N2O3/c29-25(18-23(19-8-3-1-4-9-19)20-10-5-2-6-11-20)27-21-13-15-22(16-14-21)28-26(30)24-12-7-17-31-24/h1-17,23H,18H2,(H,27,29)(H,28,30). The SMILES string of the molecule is O=C(CC(c1ccccc1)c1ccccc1)Nc1ccc(NC(=O)c2ccco2)cc1. The number of hydrogen-bond donors (Lipinski definition) is 2. The molecule has 0 aliphatic heterocycles. The van der Waals surface area contributed by atoms with Gasteiger partial charge in [-0.15, -0.1) is 0 Å². The second-order valence-electron chi connectivity index (χ2n) is 7.14. The van der Waals surface area contributed by atoms with Gasteiger partial charge in [0.15, 0.2) is 5.76 Å². The Morgan fingerprint density at radius 3 is 1.74 bits per heavy atom. The summed E-state index contributed by atoms with van der Waals surface area (Å²) in [5, 5.41) is 5.70. The summed E-state index contributed by atoms with van der Waals surface area (Å²) in [5.74, 6) is -0.195. The zero-order valence-corrected chi connectivity index (χ0v) is 16.8. The van der Waals surface area contributed by atoms with Crippen LogP contribution in [0, 0.1) is 0 Å². The molecular formula is C26H22N2O3. The maximum Gasteiger partial charge on any atom is 0.291 e. The average molecular weight is 410 g/mol. The highest BCUT2D eigenvalue weighted by Crippen LogP contribution is 2.28. The zero-order chi connectivity index (χ0) is 21.5. The van der Waals surface area contributed by atoms with Crippen molar-refractivity contribution < 1.29 is 14.0 Å². The fourth-order valence-corrected chi connectivity index (χ4v) is 3.43. The number of nitrogens with one attached hydrogen (secondary N) is 2. The highest BCUT2D eigenvalue weighted by Gasteiger charge is 2.18. The zero-order valence-electron chi connectivity index (χ0n) is 16.8. The molecule has 0 unspecified atom stereocenters. The lowest BCUT2D eigenvalue weighted by atomic mass is 9.88. The molecule has 0 aliphatic rings. The van der Waals surface area contributed by atoms with E-state index in [-0.39, 0.29) is 23.5 Å². The molecule has 5 heteroatoms. The average Bonchev–Trinajstić information content (AvgIpc) is 3.35. The molecule has 0 saturated heterocycles. The first-order valence-corrected chi connectivity index (χ1v) is 10.0. The van der Waals surface area contributed by atoms with Crippen LogP contribution in [-0.4, -0.2) is 11.8 Å². The van der Waals surface area contributed by atoms with E-state index in [9.17, 15) is 9.59 Å². The van der Waals surface area contributed by atoms with E-state index >= 15 is 0 Å². The van der Waals surface area contributed by atoms with Crippen LogP contribution in [0.5, 0.6) is 0 Å². The summed E-state index contributed by atoms with van der Waals surface area (Å²) in [7, 11) is 0. The molecule has 0 aliphatic carbocycles. The Bertz CT molecular complexity index is 1080. The Kier molecular flexibility index (Phi) is 6.24. The van der Waals surface area contributed by atoms with E-state index in [4.69, 9.17) is 4.42 Å². The van der Waals surface area contributed by atoms with Crippen LogP contribution in [0.2, 0.25) is 0 Å². The largest absolute Gasteiger partial charge is 0.459 e. The van der Waals surface area contributed by atoms with Crippen LogP contribution in [0.15, 0.2) is 108 Å². The molecule has 1 heterocycles. The Balaban J connectivity index is 1.41. The molecule has 1 aromatic heterocycles. The van der Waals surface area contributed by atoms with Crippen LogP contribution in [0.4, 0.5) is 11.4 Å². The number of amides is 2. The van der Waals surface area contributed by atoms with Crippen LogP contribution in [0.25, 0.3) is 0 Å². The lowest BCUT2D eigenvalue weighted by molar-refractivity contribution is -0.116. The van der Waals surface area contributed by atoms with Crippen molar-refractivity contribution >= 4 is 23.2 Å².